The number of carbonyl (C=O) groups excluding carboxylic acids is 1. The summed E-state index contributed by atoms with van der Waals surface area (Å²) in [6, 6.07) is 5.98. The monoisotopic (exact) mass is 304 g/mol. The minimum Gasteiger partial charge on any atom is -0.462 e. The number of aryl methyl sites for hydroxylation is 1. The van der Waals surface area contributed by atoms with Gasteiger partial charge in [0, 0.05) is 12.6 Å². The Balaban J connectivity index is 1.89. The van der Waals surface area contributed by atoms with Gasteiger partial charge < -0.3 is 14.6 Å². The van der Waals surface area contributed by atoms with Crippen molar-refractivity contribution in [3.63, 3.8) is 0 Å². The third kappa shape index (κ3) is 4.58. The Morgan fingerprint density at radius 3 is 2.81 bits per heavy atom. The second-order valence-electron chi connectivity index (χ2n) is 5.06. The van der Waals surface area contributed by atoms with Gasteiger partial charge in [0.05, 0.1) is 6.04 Å². The molecule has 112 valence electrons. The van der Waals surface area contributed by atoms with Crippen LogP contribution in [0.1, 0.15) is 23.1 Å². The van der Waals surface area contributed by atoms with Crippen LogP contribution in [0.3, 0.4) is 0 Å². The first-order valence-electron chi connectivity index (χ1n) is 6.77. The smallest absolute Gasteiger partial charge is 0.244 e. The maximum absolute atomic E-state index is 11.9. The van der Waals surface area contributed by atoms with Crippen molar-refractivity contribution in [3.05, 3.63) is 52.1 Å². The first kappa shape index (κ1) is 15.5. The lowest BCUT2D eigenvalue weighted by Gasteiger charge is -2.23. The van der Waals surface area contributed by atoms with Crippen LogP contribution >= 0.6 is 11.3 Å². The molecule has 2 aromatic rings. The Morgan fingerprint density at radius 1 is 1.43 bits per heavy atom. The molecule has 2 aromatic heterocycles. The fourth-order valence-electron chi connectivity index (χ4n) is 2.02. The lowest BCUT2D eigenvalue weighted by molar-refractivity contribution is -0.116. The Hall–Kier alpha value is -1.85. The fourth-order valence-corrected chi connectivity index (χ4v) is 2.73. The summed E-state index contributed by atoms with van der Waals surface area (Å²) in [5, 5.41) is 7.08. The van der Waals surface area contributed by atoms with Crippen molar-refractivity contribution in [1.82, 2.24) is 10.2 Å². The summed E-state index contributed by atoms with van der Waals surface area (Å²) in [6.45, 7) is 2.45. The van der Waals surface area contributed by atoms with E-state index in [9.17, 15) is 4.79 Å². The number of nitrogens with one attached hydrogen (secondary N) is 1. The van der Waals surface area contributed by atoms with Gasteiger partial charge in [0.2, 0.25) is 5.91 Å². The first-order chi connectivity index (χ1) is 10.1. The normalized spacial score (nSPS) is 13.0. The number of thiophene rings is 1. The maximum Gasteiger partial charge on any atom is 0.244 e. The molecule has 1 N–H and O–H groups in total. The van der Waals surface area contributed by atoms with E-state index in [-0.39, 0.29) is 11.9 Å². The molecule has 0 spiro atoms. The zero-order valence-electron chi connectivity index (χ0n) is 12.5. The molecule has 0 aliphatic rings. The highest BCUT2D eigenvalue weighted by Gasteiger charge is 2.14. The van der Waals surface area contributed by atoms with E-state index in [4.69, 9.17) is 4.42 Å². The standard InChI is InChI=1S/C16H20N2O2S/c1-12-4-5-14(20-12)6-7-16(19)17-10-15(18(2)3)13-8-9-21-11-13/h4-9,11,15H,10H2,1-3H3,(H,17,19)/b7-6-/t15-/m0/s1. The van der Waals surface area contributed by atoms with Crippen molar-refractivity contribution in [2.45, 2.75) is 13.0 Å². The second-order valence-corrected chi connectivity index (χ2v) is 5.84. The van der Waals surface area contributed by atoms with Gasteiger partial charge in [-0.2, -0.15) is 11.3 Å². The van der Waals surface area contributed by atoms with Crippen LogP contribution < -0.4 is 5.32 Å². The first-order valence-corrected chi connectivity index (χ1v) is 7.71. The number of hydrogen-bond donors (Lipinski definition) is 1. The molecule has 0 aromatic carbocycles. The molecule has 1 amide bonds. The van der Waals surface area contributed by atoms with Gasteiger partial charge in [-0.15, -0.1) is 0 Å². The van der Waals surface area contributed by atoms with E-state index in [1.165, 1.54) is 11.6 Å². The van der Waals surface area contributed by atoms with Crippen molar-refractivity contribution in [2.75, 3.05) is 20.6 Å². The summed E-state index contributed by atoms with van der Waals surface area (Å²) < 4.78 is 5.38. The van der Waals surface area contributed by atoms with E-state index < -0.39 is 0 Å². The van der Waals surface area contributed by atoms with Gasteiger partial charge in [0.1, 0.15) is 11.5 Å². The lowest BCUT2D eigenvalue weighted by Crippen LogP contribution is -2.33. The van der Waals surface area contributed by atoms with E-state index >= 15 is 0 Å². The average molecular weight is 304 g/mol. The van der Waals surface area contributed by atoms with Gasteiger partial charge in [-0.1, -0.05) is 0 Å². The van der Waals surface area contributed by atoms with E-state index in [1.807, 2.05) is 38.5 Å². The molecule has 5 heteroatoms. The molecule has 2 rings (SSSR count). The summed E-state index contributed by atoms with van der Waals surface area (Å²) in [5.41, 5.74) is 1.22. The highest BCUT2D eigenvalue weighted by molar-refractivity contribution is 7.07. The molecule has 21 heavy (non-hydrogen) atoms. The number of carbonyl (C=O) groups is 1. The quantitative estimate of drug-likeness (QED) is 0.834. The van der Waals surface area contributed by atoms with Crippen molar-refractivity contribution >= 4 is 23.3 Å². The topological polar surface area (TPSA) is 45.5 Å². The third-order valence-corrected chi connectivity index (χ3v) is 3.88. The summed E-state index contributed by atoms with van der Waals surface area (Å²) in [6.07, 6.45) is 3.18. The van der Waals surface area contributed by atoms with Crippen molar-refractivity contribution in [2.24, 2.45) is 0 Å². The minimum absolute atomic E-state index is 0.119. The van der Waals surface area contributed by atoms with Gasteiger partial charge >= 0.3 is 0 Å². The molecule has 4 nitrogen and oxygen atoms in total. The summed E-state index contributed by atoms with van der Waals surface area (Å²) in [5.74, 6) is 1.40. The molecule has 1 atom stereocenters. The SMILES string of the molecule is Cc1ccc(/C=C\C(=O)NC[C@@H](c2ccsc2)N(C)C)o1. The largest absolute Gasteiger partial charge is 0.462 e. The van der Waals surface area contributed by atoms with Crippen LogP contribution in [0, 0.1) is 6.92 Å². The Labute approximate surface area is 129 Å². The van der Waals surface area contributed by atoms with Crippen LogP contribution in [0.15, 0.2) is 39.5 Å². The number of likely N-dealkylation sites (N-methyl/N-ethyl adjacent to an activating group) is 1. The van der Waals surface area contributed by atoms with E-state index in [2.05, 4.69) is 21.7 Å². The molecule has 2 heterocycles. The van der Waals surface area contributed by atoms with Crippen LogP contribution in [0.25, 0.3) is 6.08 Å². The molecule has 0 saturated heterocycles. The van der Waals surface area contributed by atoms with Crippen molar-refractivity contribution in [1.29, 1.82) is 0 Å². The summed E-state index contributed by atoms with van der Waals surface area (Å²) >= 11 is 1.66. The molecular formula is C16H20N2O2S. The van der Waals surface area contributed by atoms with Crippen molar-refractivity contribution < 1.29 is 9.21 Å². The lowest BCUT2D eigenvalue weighted by atomic mass is 10.1. The van der Waals surface area contributed by atoms with Gasteiger partial charge in [0.15, 0.2) is 0 Å². The number of furan rings is 1. The summed E-state index contributed by atoms with van der Waals surface area (Å²) in [4.78, 5) is 14.0. The molecule has 0 radical (unpaired) electrons. The Kier molecular flexibility index (Phi) is 5.36. The van der Waals surface area contributed by atoms with Crippen LogP contribution in [0.4, 0.5) is 0 Å². The zero-order chi connectivity index (χ0) is 15.2. The van der Waals surface area contributed by atoms with E-state index in [1.54, 1.807) is 17.4 Å². The van der Waals surface area contributed by atoms with E-state index in [0.29, 0.717) is 12.3 Å². The third-order valence-electron chi connectivity index (χ3n) is 3.18. The Morgan fingerprint density at radius 2 is 2.24 bits per heavy atom. The predicted octanol–water partition coefficient (Wildman–Crippen LogP) is 3.08. The van der Waals surface area contributed by atoms with Gasteiger partial charge in [0.25, 0.3) is 0 Å². The average Bonchev–Trinajstić information content (AvgIpc) is 3.08. The molecule has 0 fully saturated rings. The van der Waals surface area contributed by atoms with Crippen LogP contribution in [0.2, 0.25) is 0 Å². The molecule has 0 bridgehead atoms. The molecule has 0 unspecified atom stereocenters. The molecule has 0 aliphatic heterocycles. The fraction of sp³-hybridized carbons (Fsp3) is 0.312. The minimum atomic E-state index is -0.119. The second kappa shape index (κ2) is 7.24. The van der Waals surface area contributed by atoms with E-state index in [0.717, 1.165) is 5.76 Å². The summed E-state index contributed by atoms with van der Waals surface area (Å²) in [7, 11) is 4.02. The zero-order valence-corrected chi connectivity index (χ0v) is 13.3. The van der Waals surface area contributed by atoms with Gasteiger partial charge in [-0.25, -0.2) is 0 Å². The predicted molar refractivity (Wildman–Crippen MR) is 86.2 cm³/mol. The molecule has 0 aliphatic carbocycles. The van der Waals surface area contributed by atoms with Gasteiger partial charge in [-0.05, 0) is 61.6 Å². The molecular weight excluding hydrogens is 284 g/mol. The van der Waals surface area contributed by atoms with Crippen LogP contribution in [0.5, 0.6) is 0 Å². The number of amides is 1. The maximum atomic E-state index is 11.9. The van der Waals surface area contributed by atoms with Crippen LogP contribution in [-0.4, -0.2) is 31.4 Å². The highest BCUT2D eigenvalue weighted by Crippen LogP contribution is 2.19. The number of rotatable bonds is 6. The number of nitrogens with zero attached hydrogens (tertiary/aromatic N) is 1. The van der Waals surface area contributed by atoms with Gasteiger partial charge in [-0.3, -0.25) is 4.79 Å². The highest BCUT2D eigenvalue weighted by atomic mass is 32.1. The Bertz CT molecular complexity index is 600. The molecule has 0 saturated carbocycles. The van der Waals surface area contributed by atoms with Crippen LogP contribution in [-0.2, 0) is 4.79 Å². The van der Waals surface area contributed by atoms with Crippen molar-refractivity contribution in [3.8, 4) is 0 Å². The number of hydrogen-bond acceptors (Lipinski definition) is 4.